The predicted octanol–water partition coefficient (Wildman–Crippen LogP) is 3.89. The predicted molar refractivity (Wildman–Crippen MR) is 113 cm³/mol. The SMILES string of the molecule is COCCn1c(COc2ccc(Cl)cc2)nnc1SCC(=O)Nc1ccccc1. The van der Waals surface area contributed by atoms with Gasteiger partial charge in [-0.15, -0.1) is 10.2 Å². The number of benzene rings is 2. The zero-order chi connectivity index (χ0) is 20.5. The molecule has 0 radical (unpaired) electrons. The molecule has 1 amide bonds. The van der Waals surface area contributed by atoms with Crippen molar-refractivity contribution in [2.45, 2.75) is 18.3 Å². The number of para-hydroxylation sites is 1. The molecule has 0 saturated heterocycles. The highest BCUT2D eigenvalue weighted by Crippen LogP contribution is 2.20. The van der Waals surface area contributed by atoms with E-state index in [0.29, 0.717) is 34.9 Å². The number of rotatable bonds is 10. The Hall–Kier alpha value is -2.55. The lowest BCUT2D eigenvalue weighted by Crippen LogP contribution is -2.15. The van der Waals surface area contributed by atoms with Crippen LogP contribution in [0.5, 0.6) is 5.75 Å². The number of thioether (sulfide) groups is 1. The number of nitrogens with one attached hydrogen (secondary N) is 1. The third-order valence-corrected chi connectivity index (χ3v) is 5.10. The summed E-state index contributed by atoms with van der Waals surface area (Å²) in [6.45, 7) is 1.30. The zero-order valence-corrected chi connectivity index (χ0v) is 17.4. The second kappa shape index (κ2) is 10.8. The first-order valence-electron chi connectivity index (χ1n) is 8.93. The van der Waals surface area contributed by atoms with Crippen molar-refractivity contribution in [2.75, 3.05) is 24.8 Å². The van der Waals surface area contributed by atoms with Gasteiger partial charge in [0.05, 0.1) is 12.4 Å². The van der Waals surface area contributed by atoms with Gasteiger partial charge < -0.3 is 19.4 Å². The number of aromatic nitrogens is 3. The van der Waals surface area contributed by atoms with E-state index in [1.165, 1.54) is 11.8 Å². The lowest BCUT2D eigenvalue weighted by atomic mass is 10.3. The molecule has 0 fully saturated rings. The molecule has 9 heteroatoms. The maximum atomic E-state index is 12.2. The quantitative estimate of drug-likeness (QED) is 0.490. The van der Waals surface area contributed by atoms with Crippen molar-refractivity contribution in [3.8, 4) is 5.75 Å². The Morgan fingerprint density at radius 2 is 1.90 bits per heavy atom. The monoisotopic (exact) mass is 432 g/mol. The number of carbonyl (C=O) groups is 1. The molecule has 0 atom stereocenters. The highest BCUT2D eigenvalue weighted by atomic mass is 35.5. The summed E-state index contributed by atoms with van der Waals surface area (Å²) in [5.74, 6) is 1.45. The fraction of sp³-hybridized carbons (Fsp3) is 0.250. The van der Waals surface area contributed by atoms with Crippen molar-refractivity contribution < 1.29 is 14.3 Å². The molecule has 1 N–H and O–H groups in total. The fourth-order valence-corrected chi connectivity index (χ4v) is 3.38. The molecular weight excluding hydrogens is 412 g/mol. The number of nitrogens with zero attached hydrogens (tertiary/aromatic N) is 3. The minimum absolute atomic E-state index is 0.110. The number of amides is 1. The Balaban J connectivity index is 1.61. The largest absolute Gasteiger partial charge is 0.486 e. The molecule has 2 aromatic carbocycles. The molecule has 0 aliphatic heterocycles. The Morgan fingerprint density at radius 3 is 2.62 bits per heavy atom. The normalized spacial score (nSPS) is 10.7. The van der Waals surface area contributed by atoms with Crippen LogP contribution >= 0.6 is 23.4 Å². The Kier molecular flexibility index (Phi) is 7.92. The van der Waals surface area contributed by atoms with E-state index < -0.39 is 0 Å². The number of methoxy groups -OCH3 is 1. The van der Waals surface area contributed by atoms with Crippen LogP contribution in [0, 0.1) is 0 Å². The van der Waals surface area contributed by atoms with E-state index in [1.54, 1.807) is 31.4 Å². The van der Waals surface area contributed by atoms with E-state index in [9.17, 15) is 4.79 Å². The van der Waals surface area contributed by atoms with Gasteiger partial charge in [-0.05, 0) is 36.4 Å². The highest BCUT2D eigenvalue weighted by molar-refractivity contribution is 7.99. The van der Waals surface area contributed by atoms with E-state index >= 15 is 0 Å². The number of anilines is 1. The Labute approximate surface area is 178 Å². The van der Waals surface area contributed by atoms with E-state index in [1.807, 2.05) is 34.9 Å². The molecule has 3 aromatic rings. The standard InChI is InChI=1S/C20H21ClN4O3S/c1-27-12-11-25-18(13-28-17-9-7-15(21)8-10-17)23-24-20(25)29-14-19(26)22-16-5-3-2-4-6-16/h2-10H,11-14H2,1H3,(H,22,26). The lowest BCUT2D eigenvalue weighted by molar-refractivity contribution is -0.113. The van der Waals surface area contributed by atoms with E-state index in [-0.39, 0.29) is 18.3 Å². The first-order chi connectivity index (χ1) is 14.2. The second-order valence-corrected chi connectivity index (χ2v) is 7.37. The van der Waals surface area contributed by atoms with Gasteiger partial charge in [0.2, 0.25) is 5.91 Å². The van der Waals surface area contributed by atoms with Gasteiger partial charge >= 0.3 is 0 Å². The maximum absolute atomic E-state index is 12.2. The van der Waals surface area contributed by atoms with E-state index in [2.05, 4.69) is 15.5 Å². The number of carbonyl (C=O) groups excluding carboxylic acids is 1. The Bertz CT molecular complexity index is 919. The lowest BCUT2D eigenvalue weighted by Gasteiger charge is -2.11. The minimum atomic E-state index is -0.110. The zero-order valence-electron chi connectivity index (χ0n) is 15.9. The van der Waals surface area contributed by atoms with Crippen LogP contribution in [0.2, 0.25) is 5.02 Å². The Morgan fingerprint density at radius 1 is 1.14 bits per heavy atom. The van der Waals surface area contributed by atoms with Crippen LogP contribution in [0.3, 0.4) is 0 Å². The smallest absolute Gasteiger partial charge is 0.234 e. The summed E-state index contributed by atoms with van der Waals surface area (Å²) in [4.78, 5) is 12.2. The molecule has 0 bridgehead atoms. The fourth-order valence-electron chi connectivity index (χ4n) is 2.47. The van der Waals surface area contributed by atoms with Gasteiger partial charge in [0, 0.05) is 24.4 Å². The number of hydrogen-bond acceptors (Lipinski definition) is 6. The van der Waals surface area contributed by atoms with Crippen LogP contribution in [0.1, 0.15) is 5.82 Å². The molecule has 1 heterocycles. The summed E-state index contributed by atoms with van der Waals surface area (Å²) >= 11 is 7.21. The third-order valence-electron chi connectivity index (χ3n) is 3.88. The first-order valence-corrected chi connectivity index (χ1v) is 10.3. The molecule has 0 aliphatic rings. The minimum Gasteiger partial charge on any atom is -0.486 e. The summed E-state index contributed by atoms with van der Waals surface area (Å²) in [7, 11) is 1.63. The summed E-state index contributed by atoms with van der Waals surface area (Å²) in [6.07, 6.45) is 0. The average Bonchev–Trinajstić information content (AvgIpc) is 3.12. The van der Waals surface area contributed by atoms with Crippen LogP contribution < -0.4 is 10.1 Å². The molecule has 3 rings (SSSR count). The first kappa shape index (κ1) is 21.2. The van der Waals surface area contributed by atoms with E-state index in [4.69, 9.17) is 21.1 Å². The van der Waals surface area contributed by atoms with Crippen molar-refractivity contribution >= 4 is 35.0 Å². The molecule has 0 aliphatic carbocycles. The molecule has 0 spiro atoms. The summed E-state index contributed by atoms with van der Waals surface area (Å²) in [5.41, 5.74) is 0.760. The molecule has 0 saturated carbocycles. The van der Waals surface area contributed by atoms with Gasteiger partial charge in [-0.2, -0.15) is 0 Å². The number of halogens is 1. The van der Waals surface area contributed by atoms with Crippen LogP contribution in [-0.4, -0.2) is 40.1 Å². The number of ether oxygens (including phenoxy) is 2. The van der Waals surface area contributed by atoms with Crippen molar-refractivity contribution in [3.63, 3.8) is 0 Å². The van der Waals surface area contributed by atoms with Crippen LogP contribution in [-0.2, 0) is 22.7 Å². The van der Waals surface area contributed by atoms with Gasteiger partial charge in [-0.25, -0.2) is 0 Å². The highest BCUT2D eigenvalue weighted by Gasteiger charge is 2.15. The van der Waals surface area contributed by atoms with Crippen molar-refractivity contribution in [1.82, 2.24) is 14.8 Å². The van der Waals surface area contributed by atoms with Gasteiger partial charge in [-0.3, -0.25) is 4.79 Å². The summed E-state index contributed by atoms with van der Waals surface area (Å²) in [6, 6.07) is 16.4. The van der Waals surface area contributed by atoms with Gasteiger partial charge in [0.1, 0.15) is 12.4 Å². The van der Waals surface area contributed by atoms with E-state index in [0.717, 1.165) is 5.69 Å². The topological polar surface area (TPSA) is 78.3 Å². The molecular formula is C20H21ClN4O3S. The molecule has 7 nitrogen and oxygen atoms in total. The maximum Gasteiger partial charge on any atom is 0.234 e. The second-order valence-electron chi connectivity index (χ2n) is 5.99. The molecule has 1 aromatic heterocycles. The van der Waals surface area contributed by atoms with Crippen molar-refractivity contribution in [1.29, 1.82) is 0 Å². The van der Waals surface area contributed by atoms with Gasteiger partial charge in [-0.1, -0.05) is 41.6 Å². The van der Waals surface area contributed by atoms with Crippen LogP contribution in [0.15, 0.2) is 59.8 Å². The summed E-state index contributed by atoms with van der Waals surface area (Å²) < 4.78 is 12.9. The van der Waals surface area contributed by atoms with Crippen molar-refractivity contribution in [3.05, 3.63) is 65.4 Å². The summed E-state index contributed by atoms with van der Waals surface area (Å²) in [5, 5.41) is 12.6. The van der Waals surface area contributed by atoms with Crippen LogP contribution in [0.4, 0.5) is 5.69 Å². The van der Waals surface area contributed by atoms with Crippen molar-refractivity contribution in [2.24, 2.45) is 0 Å². The third kappa shape index (κ3) is 6.49. The molecule has 29 heavy (non-hydrogen) atoms. The van der Waals surface area contributed by atoms with Gasteiger partial charge in [0.15, 0.2) is 11.0 Å². The molecule has 152 valence electrons. The number of hydrogen-bond donors (Lipinski definition) is 1. The van der Waals surface area contributed by atoms with Gasteiger partial charge in [0.25, 0.3) is 0 Å². The van der Waals surface area contributed by atoms with Crippen LogP contribution in [0.25, 0.3) is 0 Å². The molecule has 0 unspecified atom stereocenters. The average molecular weight is 433 g/mol.